The van der Waals surface area contributed by atoms with Crippen LogP contribution in [0.2, 0.25) is 0 Å². The van der Waals surface area contributed by atoms with Gasteiger partial charge in [0.15, 0.2) is 11.4 Å². The molecule has 0 spiro atoms. The third-order valence-electron chi connectivity index (χ3n) is 7.97. The highest BCUT2D eigenvalue weighted by Crippen LogP contribution is 2.56. The first-order valence-corrected chi connectivity index (χ1v) is 13.2. The van der Waals surface area contributed by atoms with Gasteiger partial charge in [-0.25, -0.2) is 0 Å². The van der Waals surface area contributed by atoms with E-state index in [9.17, 15) is 39.9 Å². The number of benzene rings is 2. The number of rotatable bonds is 5. The molecule has 6 atom stereocenters. The van der Waals surface area contributed by atoms with E-state index >= 15 is 0 Å². The van der Waals surface area contributed by atoms with Crippen LogP contribution in [0.15, 0.2) is 70.3 Å². The summed E-state index contributed by atoms with van der Waals surface area (Å²) in [5.41, 5.74) is 1.51. The van der Waals surface area contributed by atoms with Crippen molar-refractivity contribution in [3.05, 3.63) is 76.6 Å². The van der Waals surface area contributed by atoms with Crippen molar-refractivity contribution in [2.75, 3.05) is 19.8 Å². The third-order valence-corrected chi connectivity index (χ3v) is 9.10. The minimum absolute atomic E-state index is 0.0281. The molecule has 0 aliphatic heterocycles. The molecule has 0 heterocycles. The van der Waals surface area contributed by atoms with Crippen LogP contribution >= 0.6 is 11.8 Å². The number of Topliss-reactive ketones (excluding diaryl/α,β-unsaturated/α-hetero) is 2. The lowest BCUT2D eigenvalue weighted by molar-refractivity contribution is -0.169. The van der Waals surface area contributed by atoms with Crippen LogP contribution in [-0.4, -0.2) is 85.5 Å². The number of likely N-dealkylation sites (N-methyl/N-ethyl adjacent to an activating group) is 1. The minimum atomic E-state index is -2.94. The first-order valence-electron chi connectivity index (χ1n) is 12.3. The van der Waals surface area contributed by atoms with Gasteiger partial charge in [0, 0.05) is 28.1 Å². The van der Waals surface area contributed by atoms with Gasteiger partial charge >= 0.3 is 0 Å². The standard InChI is InChI=1S/C28H28N2O8S/c1-30(2)21-20-23(33)17-14(11-39-12-7-4-3-5-8-12)13-9-6-10-15(31)16(13)22(32)18(17)25(35)28(20,38)26(36)19(24(21)34)27(29)37/h3-10,14,17,20-21,23,31-33,36,38H,11H2,1-2H3,(H2,29,37)/t14-,17?,20?,21-,23?,28-/m0/s1. The first-order chi connectivity index (χ1) is 18.4. The summed E-state index contributed by atoms with van der Waals surface area (Å²) in [6, 6.07) is 12.6. The third kappa shape index (κ3) is 3.80. The number of hydrogen-bond donors (Lipinski definition) is 6. The lowest BCUT2D eigenvalue weighted by Gasteiger charge is -2.54. The SMILES string of the molecule is CN(C)[C@@H]1C(=O)C(C(N)=O)=C(O)[C@@]2(O)C(=O)C3=C(O)c4c(O)cccc4[C@H](CSc4ccccc4)C3C(O)C12. The Balaban J connectivity index is 1.75. The van der Waals surface area contributed by atoms with Crippen LogP contribution in [0.3, 0.4) is 0 Å². The van der Waals surface area contributed by atoms with Crippen molar-refractivity contribution in [2.24, 2.45) is 17.6 Å². The van der Waals surface area contributed by atoms with Crippen molar-refractivity contribution in [3.63, 3.8) is 0 Å². The first kappa shape index (κ1) is 26.9. The monoisotopic (exact) mass is 552 g/mol. The molecule has 3 aliphatic carbocycles. The molecule has 11 heteroatoms. The summed E-state index contributed by atoms with van der Waals surface area (Å²) >= 11 is 1.43. The number of aromatic hydroxyl groups is 1. The summed E-state index contributed by atoms with van der Waals surface area (Å²) in [4.78, 5) is 41.9. The molecular formula is C28H28N2O8S. The van der Waals surface area contributed by atoms with Gasteiger partial charge in [0.05, 0.1) is 23.6 Å². The number of nitrogens with zero attached hydrogens (tertiary/aromatic N) is 1. The average molecular weight is 553 g/mol. The fraction of sp³-hybridized carbons (Fsp3) is 0.321. The molecule has 0 saturated heterocycles. The molecule has 204 valence electrons. The Bertz CT molecular complexity index is 1450. The Morgan fingerprint density at radius 2 is 1.72 bits per heavy atom. The average Bonchev–Trinajstić information content (AvgIpc) is 2.88. The maximum atomic E-state index is 14.1. The molecule has 0 radical (unpaired) electrons. The lowest BCUT2D eigenvalue weighted by atomic mass is 9.54. The molecule has 1 fully saturated rings. The van der Waals surface area contributed by atoms with Crippen molar-refractivity contribution < 1.29 is 39.9 Å². The summed E-state index contributed by atoms with van der Waals surface area (Å²) in [7, 11) is 2.95. The number of carbonyl (C=O) groups excluding carboxylic acids is 3. The molecule has 39 heavy (non-hydrogen) atoms. The van der Waals surface area contributed by atoms with Gasteiger partial charge in [-0.1, -0.05) is 30.3 Å². The second-order valence-electron chi connectivity index (χ2n) is 10.2. The highest BCUT2D eigenvalue weighted by Gasteiger charge is 2.68. The summed E-state index contributed by atoms with van der Waals surface area (Å²) in [6.45, 7) is 0. The van der Waals surface area contributed by atoms with Crippen LogP contribution in [0, 0.1) is 11.8 Å². The van der Waals surface area contributed by atoms with Gasteiger partial charge in [0.25, 0.3) is 5.91 Å². The van der Waals surface area contributed by atoms with Gasteiger partial charge in [0.2, 0.25) is 5.78 Å². The van der Waals surface area contributed by atoms with E-state index < -0.39 is 75.6 Å². The van der Waals surface area contributed by atoms with Crippen LogP contribution in [0.1, 0.15) is 17.0 Å². The highest BCUT2D eigenvalue weighted by atomic mass is 32.2. The summed E-state index contributed by atoms with van der Waals surface area (Å²) in [6.07, 6.45) is -1.64. The zero-order valence-electron chi connectivity index (χ0n) is 21.1. The van der Waals surface area contributed by atoms with E-state index in [2.05, 4.69) is 0 Å². The number of thioether (sulfide) groups is 1. The number of aliphatic hydroxyl groups excluding tert-OH is 3. The number of aliphatic hydroxyl groups is 4. The second-order valence-corrected chi connectivity index (χ2v) is 11.3. The number of carbonyl (C=O) groups is 3. The number of fused-ring (bicyclic) bond motifs is 3. The predicted molar refractivity (Wildman–Crippen MR) is 142 cm³/mol. The van der Waals surface area contributed by atoms with E-state index in [-0.39, 0.29) is 11.3 Å². The van der Waals surface area contributed by atoms with E-state index in [1.807, 2.05) is 30.3 Å². The van der Waals surface area contributed by atoms with Gasteiger partial charge in [-0.05, 0) is 37.9 Å². The molecular weight excluding hydrogens is 524 g/mol. The summed E-state index contributed by atoms with van der Waals surface area (Å²) < 4.78 is 0. The number of amides is 1. The number of nitrogens with two attached hydrogens (primary N) is 1. The largest absolute Gasteiger partial charge is 0.508 e. The zero-order chi connectivity index (χ0) is 28.4. The quantitative estimate of drug-likeness (QED) is 0.233. The molecule has 0 aromatic heterocycles. The fourth-order valence-electron chi connectivity index (χ4n) is 6.30. The van der Waals surface area contributed by atoms with E-state index in [4.69, 9.17) is 5.73 Å². The zero-order valence-corrected chi connectivity index (χ0v) is 21.9. The normalized spacial score (nSPS) is 30.2. The van der Waals surface area contributed by atoms with Gasteiger partial charge < -0.3 is 31.3 Å². The van der Waals surface area contributed by atoms with Gasteiger partial charge in [-0.2, -0.15) is 0 Å². The Labute approximate surface area is 228 Å². The predicted octanol–water partition coefficient (Wildman–Crippen LogP) is 1.27. The number of phenolic OH excluding ortho intramolecular Hbond substituents is 1. The molecule has 1 amide bonds. The molecule has 3 unspecified atom stereocenters. The topological polar surface area (TPSA) is 182 Å². The molecule has 2 aromatic carbocycles. The molecule has 1 saturated carbocycles. The molecule has 10 nitrogen and oxygen atoms in total. The number of phenols is 1. The number of hydrogen-bond acceptors (Lipinski definition) is 10. The van der Waals surface area contributed by atoms with E-state index in [0.717, 1.165) is 4.90 Å². The van der Waals surface area contributed by atoms with Crippen LogP contribution in [0.5, 0.6) is 5.75 Å². The van der Waals surface area contributed by atoms with Gasteiger partial charge in [0.1, 0.15) is 22.8 Å². The van der Waals surface area contributed by atoms with Gasteiger partial charge in [-0.3, -0.25) is 19.3 Å². The van der Waals surface area contributed by atoms with E-state index in [0.29, 0.717) is 11.3 Å². The van der Waals surface area contributed by atoms with E-state index in [1.54, 1.807) is 12.1 Å². The number of ketones is 2. The Morgan fingerprint density at radius 3 is 2.33 bits per heavy atom. The van der Waals surface area contributed by atoms with Crippen molar-refractivity contribution in [2.45, 2.75) is 28.6 Å². The maximum Gasteiger partial charge on any atom is 0.255 e. The molecule has 5 rings (SSSR count). The Morgan fingerprint density at radius 1 is 1.05 bits per heavy atom. The molecule has 0 bridgehead atoms. The Hall–Kier alpha value is -3.64. The van der Waals surface area contributed by atoms with E-state index in [1.165, 1.54) is 36.8 Å². The van der Waals surface area contributed by atoms with Gasteiger partial charge in [-0.15, -0.1) is 11.8 Å². The highest BCUT2D eigenvalue weighted by molar-refractivity contribution is 7.99. The Kier molecular flexibility index (Phi) is 6.58. The minimum Gasteiger partial charge on any atom is -0.508 e. The lowest BCUT2D eigenvalue weighted by Crippen LogP contribution is -2.70. The molecule has 2 aromatic rings. The van der Waals surface area contributed by atoms with Crippen LogP contribution in [0.4, 0.5) is 0 Å². The number of primary amides is 1. The van der Waals surface area contributed by atoms with Crippen LogP contribution in [0.25, 0.3) is 5.76 Å². The maximum absolute atomic E-state index is 14.1. The molecule has 7 N–H and O–H groups in total. The molecule has 3 aliphatic rings. The second kappa shape index (κ2) is 9.53. The van der Waals surface area contributed by atoms with Crippen molar-refractivity contribution in [1.82, 2.24) is 4.90 Å². The smallest absolute Gasteiger partial charge is 0.255 e. The summed E-state index contributed by atoms with van der Waals surface area (Å²) in [5.74, 6) is -8.77. The van der Waals surface area contributed by atoms with Crippen LogP contribution < -0.4 is 5.73 Å². The van der Waals surface area contributed by atoms with Crippen LogP contribution in [-0.2, 0) is 14.4 Å². The fourth-order valence-corrected chi connectivity index (χ4v) is 7.40. The van der Waals surface area contributed by atoms with Crippen molar-refractivity contribution >= 4 is 35.0 Å². The van der Waals surface area contributed by atoms with Crippen molar-refractivity contribution in [3.8, 4) is 5.75 Å². The van der Waals surface area contributed by atoms with Crippen molar-refractivity contribution in [1.29, 1.82) is 0 Å². The summed E-state index contributed by atoms with van der Waals surface area (Å²) in [5, 5.41) is 56.7.